The zero-order chi connectivity index (χ0) is 19.2. The molecule has 0 aliphatic heterocycles. The summed E-state index contributed by atoms with van der Waals surface area (Å²) in [6, 6.07) is 12.2. The second-order valence-corrected chi connectivity index (χ2v) is 7.09. The van der Waals surface area contributed by atoms with Crippen molar-refractivity contribution < 1.29 is 4.42 Å². The third kappa shape index (κ3) is 5.25. The number of hydrogen-bond acceptors (Lipinski definition) is 3. The molecule has 5 nitrogen and oxygen atoms in total. The van der Waals surface area contributed by atoms with Crippen molar-refractivity contribution in [2.45, 2.75) is 33.2 Å². The third-order valence-electron chi connectivity index (χ3n) is 4.99. The minimum absolute atomic E-state index is 0. The summed E-state index contributed by atoms with van der Waals surface area (Å²) in [6.45, 7) is 7.94. The maximum Gasteiger partial charge on any atom is 0.191 e. The molecule has 0 fully saturated rings. The van der Waals surface area contributed by atoms with E-state index in [0.29, 0.717) is 18.4 Å². The molecule has 2 aromatic heterocycles. The summed E-state index contributed by atoms with van der Waals surface area (Å²) in [4.78, 5) is 8.60. The summed E-state index contributed by atoms with van der Waals surface area (Å²) in [5.74, 6) is 2.57. The number of nitrogens with zero attached hydrogens (tertiary/aromatic N) is 2. The van der Waals surface area contributed by atoms with Gasteiger partial charge in [0.25, 0.3) is 0 Å². The molecule has 0 spiro atoms. The molecular formula is C22H29IN4O. The molecule has 150 valence electrons. The molecule has 28 heavy (non-hydrogen) atoms. The maximum atomic E-state index is 5.97. The minimum atomic E-state index is 0. The van der Waals surface area contributed by atoms with E-state index in [-0.39, 0.29) is 24.0 Å². The highest BCUT2D eigenvalue weighted by Gasteiger charge is 2.17. The summed E-state index contributed by atoms with van der Waals surface area (Å²) in [7, 11) is 1.79. The lowest BCUT2D eigenvalue weighted by atomic mass is 9.89. The average Bonchev–Trinajstić information content (AvgIpc) is 3.01. The lowest BCUT2D eigenvalue weighted by molar-refractivity contribution is 0.484. The van der Waals surface area contributed by atoms with Crippen LogP contribution in [0, 0.1) is 12.8 Å². The number of aliphatic imine (C=N–C) groups is 1. The molecule has 1 aromatic carbocycles. The number of nitrogens with one attached hydrogen (secondary N) is 2. The van der Waals surface area contributed by atoms with E-state index in [1.165, 1.54) is 11.1 Å². The Balaban J connectivity index is 0.00000280. The first-order valence-electron chi connectivity index (χ1n) is 9.41. The van der Waals surface area contributed by atoms with Crippen molar-refractivity contribution in [1.82, 2.24) is 15.6 Å². The van der Waals surface area contributed by atoms with Crippen molar-refractivity contribution in [2.24, 2.45) is 10.9 Å². The molecule has 0 bridgehead atoms. The standard InChI is InChI=1S/C22H28N4O.HI/c1-15(2)19(17-8-7-11-24-12-17)13-25-22(23-4)26-14-21-16(3)18-9-5-6-10-20(18)27-21;/h5-12,15,19H,13-14H2,1-4H3,(H2,23,25,26);1H. The van der Waals surface area contributed by atoms with Crippen LogP contribution in [0.15, 0.2) is 58.2 Å². The number of rotatable bonds is 6. The molecule has 6 heteroatoms. The van der Waals surface area contributed by atoms with E-state index in [1.54, 1.807) is 7.05 Å². The van der Waals surface area contributed by atoms with Crippen molar-refractivity contribution >= 4 is 40.9 Å². The highest BCUT2D eigenvalue weighted by atomic mass is 127. The second-order valence-electron chi connectivity index (χ2n) is 7.09. The number of para-hydroxylation sites is 1. The van der Waals surface area contributed by atoms with Crippen LogP contribution >= 0.6 is 24.0 Å². The zero-order valence-corrected chi connectivity index (χ0v) is 19.2. The van der Waals surface area contributed by atoms with E-state index in [9.17, 15) is 0 Å². The number of guanidine groups is 1. The van der Waals surface area contributed by atoms with Crippen molar-refractivity contribution in [1.29, 1.82) is 0 Å². The molecule has 0 aliphatic carbocycles. The predicted octanol–water partition coefficient (Wildman–Crippen LogP) is 4.86. The minimum Gasteiger partial charge on any atom is -0.459 e. The highest BCUT2D eigenvalue weighted by molar-refractivity contribution is 14.0. The summed E-state index contributed by atoms with van der Waals surface area (Å²) >= 11 is 0. The summed E-state index contributed by atoms with van der Waals surface area (Å²) < 4.78 is 5.97. The van der Waals surface area contributed by atoms with E-state index in [0.717, 1.165) is 29.2 Å². The van der Waals surface area contributed by atoms with Gasteiger partial charge in [0.1, 0.15) is 11.3 Å². The Morgan fingerprint density at radius 2 is 1.93 bits per heavy atom. The van der Waals surface area contributed by atoms with E-state index in [2.05, 4.69) is 53.5 Å². The van der Waals surface area contributed by atoms with Gasteiger partial charge in [0.05, 0.1) is 6.54 Å². The average molecular weight is 492 g/mol. The highest BCUT2D eigenvalue weighted by Crippen LogP contribution is 2.25. The quantitative estimate of drug-likeness (QED) is 0.293. The van der Waals surface area contributed by atoms with Gasteiger partial charge in [-0.25, -0.2) is 0 Å². The van der Waals surface area contributed by atoms with Crippen LogP contribution in [-0.4, -0.2) is 24.5 Å². The van der Waals surface area contributed by atoms with Crippen LogP contribution in [0.5, 0.6) is 0 Å². The first-order chi connectivity index (χ1) is 13.1. The number of hydrogen-bond donors (Lipinski definition) is 2. The number of fused-ring (bicyclic) bond motifs is 1. The Morgan fingerprint density at radius 1 is 1.14 bits per heavy atom. The van der Waals surface area contributed by atoms with Gasteiger partial charge in [-0.05, 0) is 30.5 Å². The fourth-order valence-corrected chi connectivity index (χ4v) is 3.32. The van der Waals surface area contributed by atoms with Crippen LogP contribution < -0.4 is 10.6 Å². The molecule has 0 amide bonds. The van der Waals surface area contributed by atoms with E-state index >= 15 is 0 Å². The SMILES string of the molecule is CN=C(NCc1oc2ccccc2c1C)NCC(c1cccnc1)C(C)C.I. The van der Waals surface area contributed by atoms with Crippen molar-refractivity contribution in [3.05, 3.63) is 65.7 Å². The molecule has 0 radical (unpaired) electrons. The van der Waals surface area contributed by atoms with Gasteiger partial charge in [-0.3, -0.25) is 9.98 Å². The Bertz CT molecular complexity index is 905. The number of benzene rings is 1. The van der Waals surface area contributed by atoms with Crippen LogP contribution in [0.3, 0.4) is 0 Å². The van der Waals surface area contributed by atoms with Crippen LogP contribution in [0.25, 0.3) is 11.0 Å². The topological polar surface area (TPSA) is 62.5 Å². The first-order valence-corrected chi connectivity index (χ1v) is 9.41. The van der Waals surface area contributed by atoms with Crippen LogP contribution in [0.2, 0.25) is 0 Å². The molecule has 2 N–H and O–H groups in total. The van der Waals surface area contributed by atoms with E-state index in [4.69, 9.17) is 4.42 Å². The van der Waals surface area contributed by atoms with Gasteiger partial charge in [-0.15, -0.1) is 24.0 Å². The Kier molecular flexibility index (Phi) is 8.29. The number of furan rings is 1. The molecular weight excluding hydrogens is 463 g/mol. The largest absolute Gasteiger partial charge is 0.459 e. The summed E-state index contributed by atoms with van der Waals surface area (Å²) in [5, 5.41) is 7.97. The molecule has 3 rings (SSSR count). The van der Waals surface area contributed by atoms with Crippen LogP contribution in [0.1, 0.15) is 36.7 Å². The fraction of sp³-hybridized carbons (Fsp3) is 0.364. The van der Waals surface area contributed by atoms with E-state index < -0.39 is 0 Å². The number of aryl methyl sites for hydroxylation is 1. The Morgan fingerprint density at radius 3 is 2.57 bits per heavy atom. The summed E-state index contributed by atoms with van der Waals surface area (Å²) in [5.41, 5.74) is 3.33. The Hall–Kier alpha value is -2.09. The van der Waals surface area contributed by atoms with Gasteiger partial charge >= 0.3 is 0 Å². The van der Waals surface area contributed by atoms with Gasteiger partial charge in [0.15, 0.2) is 5.96 Å². The van der Waals surface area contributed by atoms with Gasteiger partial charge in [-0.1, -0.05) is 38.1 Å². The third-order valence-corrected chi connectivity index (χ3v) is 4.99. The first kappa shape index (κ1) is 22.2. The van der Waals surface area contributed by atoms with Crippen LogP contribution in [0.4, 0.5) is 0 Å². The molecule has 0 aliphatic rings. The second kappa shape index (κ2) is 10.5. The van der Waals surface area contributed by atoms with Gasteiger partial charge in [0.2, 0.25) is 0 Å². The molecule has 0 saturated heterocycles. The number of pyridine rings is 1. The van der Waals surface area contributed by atoms with Gasteiger partial charge in [0, 0.05) is 42.9 Å². The van der Waals surface area contributed by atoms with Crippen molar-refractivity contribution in [2.75, 3.05) is 13.6 Å². The normalized spacial score (nSPS) is 12.7. The summed E-state index contributed by atoms with van der Waals surface area (Å²) in [6.07, 6.45) is 3.75. The van der Waals surface area contributed by atoms with Crippen molar-refractivity contribution in [3.63, 3.8) is 0 Å². The number of aromatic nitrogens is 1. The number of halogens is 1. The molecule has 2 heterocycles. The zero-order valence-electron chi connectivity index (χ0n) is 16.9. The van der Waals surface area contributed by atoms with Gasteiger partial charge in [-0.2, -0.15) is 0 Å². The predicted molar refractivity (Wildman–Crippen MR) is 126 cm³/mol. The molecule has 1 atom stereocenters. The molecule has 3 aromatic rings. The smallest absolute Gasteiger partial charge is 0.191 e. The van der Waals surface area contributed by atoms with Gasteiger partial charge < -0.3 is 15.1 Å². The Labute approximate surface area is 184 Å². The van der Waals surface area contributed by atoms with Crippen molar-refractivity contribution in [3.8, 4) is 0 Å². The fourth-order valence-electron chi connectivity index (χ4n) is 3.32. The lowest BCUT2D eigenvalue weighted by Gasteiger charge is -2.22. The maximum absolute atomic E-state index is 5.97. The van der Waals surface area contributed by atoms with Crippen LogP contribution in [-0.2, 0) is 6.54 Å². The lowest BCUT2D eigenvalue weighted by Crippen LogP contribution is -2.39. The van der Waals surface area contributed by atoms with E-state index in [1.807, 2.05) is 36.7 Å². The molecule has 0 saturated carbocycles. The molecule has 1 unspecified atom stereocenters. The monoisotopic (exact) mass is 492 g/mol.